The molecule has 1 aliphatic rings. The smallest absolute Gasteiger partial charge is 0.197 e. The van der Waals surface area contributed by atoms with Crippen molar-refractivity contribution in [1.82, 2.24) is 14.5 Å². The second-order valence-electron chi connectivity index (χ2n) is 8.01. The molecular weight excluding hydrogens is 515 g/mol. The van der Waals surface area contributed by atoms with E-state index in [-0.39, 0.29) is 26.7 Å². The third-order valence-corrected chi connectivity index (χ3v) is 7.55. The molecule has 2 heterocycles. The molecule has 3 aromatic carbocycles. The predicted octanol–water partition coefficient (Wildman–Crippen LogP) is 6.79. The summed E-state index contributed by atoms with van der Waals surface area (Å²) in [5, 5.41) is 10.2. The van der Waals surface area contributed by atoms with E-state index < -0.39 is 11.6 Å². The fraction of sp³-hybridized carbons (Fsp3) is 0. The highest BCUT2D eigenvalue weighted by atomic mass is 35.5. The molecule has 0 aliphatic heterocycles. The second kappa shape index (κ2) is 8.54. The minimum absolute atomic E-state index is 0.00881. The number of para-hydroxylation sites is 1. The van der Waals surface area contributed by atoms with Crippen molar-refractivity contribution in [2.45, 2.75) is 0 Å². The van der Waals surface area contributed by atoms with Gasteiger partial charge in [0.05, 0.1) is 27.3 Å². The molecule has 0 N–H and O–H groups in total. The monoisotopic (exact) mass is 526 g/mol. The minimum atomic E-state index is -0.425. The van der Waals surface area contributed by atoms with Gasteiger partial charge in [-0.15, -0.1) is 0 Å². The highest BCUT2D eigenvalue weighted by Gasteiger charge is 2.34. The van der Waals surface area contributed by atoms with Crippen molar-refractivity contribution < 1.29 is 9.59 Å². The molecule has 0 atom stereocenters. The lowest BCUT2D eigenvalue weighted by atomic mass is 10.1. The highest BCUT2D eigenvalue weighted by Crippen LogP contribution is 2.36. The van der Waals surface area contributed by atoms with Gasteiger partial charge in [0.1, 0.15) is 10.8 Å². The van der Waals surface area contributed by atoms with Gasteiger partial charge < -0.3 is 0 Å². The van der Waals surface area contributed by atoms with Crippen LogP contribution in [0.15, 0.2) is 72.3 Å². The molecule has 6 rings (SSSR count). The molecule has 6 nitrogen and oxygen atoms in total. The quantitative estimate of drug-likeness (QED) is 0.190. The molecule has 36 heavy (non-hydrogen) atoms. The lowest BCUT2D eigenvalue weighted by Crippen LogP contribution is -2.04. The Balaban J connectivity index is 1.51. The molecule has 0 saturated heterocycles. The molecule has 0 spiro atoms. The van der Waals surface area contributed by atoms with Crippen molar-refractivity contribution in [3.8, 4) is 22.3 Å². The van der Waals surface area contributed by atoms with Crippen LogP contribution in [0.1, 0.15) is 32.1 Å². The Morgan fingerprint density at radius 3 is 2.14 bits per heavy atom. The molecule has 0 saturated carbocycles. The minimum Gasteiger partial charge on any atom is -0.288 e. The van der Waals surface area contributed by atoms with E-state index in [2.05, 4.69) is 6.07 Å². The van der Waals surface area contributed by atoms with E-state index in [4.69, 9.17) is 38.4 Å². The van der Waals surface area contributed by atoms with E-state index in [9.17, 15) is 9.59 Å². The Kier molecular flexibility index (Phi) is 5.31. The zero-order valence-corrected chi connectivity index (χ0v) is 20.5. The molecule has 1 aliphatic carbocycles. The maximum atomic E-state index is 13.1. The molecule has 0 radical (unpaired) electrons. The van der Waals surface area contributed by atoms with Gasteiger partial charge >= 0.3 is 0 Å². The first-order chi connectivity index (χ1) is 17.4. The Hall–Kier alpha value is -4.09. The summed E-state index contributed by atoms with van der Waals surface area (Å²) in [5.74, 6) is -0.445. The molecule has 9 heteroatoms. The molecule has 0 amide bonds. The maximum absolute atomic E-state index is 13.1. The van der Waals surface area contributed by atoms with Gasteiger partial charge in [-0.1, -0.05) is 64.9 Å². The summed E-state index contributed by atoms with van der Waals surface area (Å²) in [6.45, 7) is 0. The number of hydrogen-bond donors (Lipinski definition) is 0. The van der Waals surface area contributed by atoms with Crippen LogP contribution in [0.5, 0.6) is 0 Å². The van der Waals surface area contributed by atoms with Gasteiger partial charge in [-0.3, -0.25) is 14.2 Å². The van der Waals surface area contributed by atoms with Gasteiger partial charge in [0.15, 0.2) is 22.0 Å². The van der Waals surface area contributed by atoms with Crippen molar-refractivity contribution in [2.24, 2.45) is 0 Å². The van der Waals surface area contributed by atoms with Crippen molar-refractivity contribution in [3.05, 3.63) is 105 Å². The van der Waals surface area contributed by atoms with Gasteiger partial charge in [-0.25, -0.2) is 9.97 Å². The lowest BCUT2D eigenvalue weighted by molar-refractivity contribution is 0.0990. The number of thiazole rings is 1. The van der Waals surface area contributed by atoms with E-state index >= 15 is 0 Å². The number of Topliss-reactive ketones (excluding diaryl/α,β-unsaturated/α-hetero) is 2. The molecule has 0 fully saturated rings. The highest BCUT2D eigenvalue weighted by molar-refractivity contribution is 7.21. The number of aromatic nitrogens is 3. The number of imidazole rings is 1. The summed E-state index contributed by atoms with van der Waals surface area (Å²) >= 11 is 13.6. The maximum Gasteiger partial charge on any atom is 0.197 e. The number of benzene rings is 3. The summed E-state index contributed by atoms with van der Waals surface area (Å²) in [7, 11) is 0. The van der Waals surface area contributed by atoms with Crippen LogP contribution < -0.4 is 0 Å². The average Bonchev–Trinajstić information content (AvgIpc) is 3.52. The van der Waals surface area contributed by atoms with Gasteiger partial charge in [0, 0.05) is 22.4 Å². The standard InChI is InChI=1S/C27H12Cl2N4O2S/c28-20-10-17-18(11-21(20)29)24(35)19(23(17)34)12-22-31-27-25(33(22)16-4-2-1-3-5-16)32-26(36-27)15-8-6-14(13-30)7-9-15/h1-12H. The van der Waals surface area contributed by atoms with Crippen LogP contribution in [0.2, 0.25) is 10.0 Å². The van der Waals surface area contributed by atoms with E-state index in [1.807, 2.05) is 47.0 Å². The number of ketones is 2. The summed E-state index contributed by atoms with van der Waals surface area (Å²) in [5.41, 5.74) is 3.24. The summed E-state index contributed by atoms with van der Waals surface area (Å²) < 4.78 is 1.81. The molecule has 5 aromatic rings. The lowest BCUT2D eigenvalue weighted by Gasteiger charge is -2.06. The number of hydrogen-bond acceptors (Lipinski definition) is 6. The van der Waals surface area contributed by atoms with Gasteiger partial charge in [0.25, 0.3) is 0 Å². The average molecular weight is 527 g/mol. The molecule has 0 unspecified atom stereocenters. The Morgan fingerprint density at radius 1 is 0.889 bits per heavy atom. The molecule has 0 bridgehead atoms. The van der Waals surface area contributed by atoms with Crippen LogP contribution in [0, 0.1) is 11.3 Å². The number of allylic oxidation sites excluding steroid dienone is 1. The number of nitriles is 1. The van der Waals surface area contributed by atoms with Crippen LogP contribution >= 0.6 is 34.5 Å². The number of halogens is 2. The summed E-state index contributed by atoms with van der Waals surface area (Å²) in [6.07, 6.45) is 1.50. The number of nitrogens with zero attached hydrogens (tertiary/aromatic N) is 4. The second-order valence-corrected chi connectivity index (χ2v) is 9.80. The van der Waals surface area contributed by atoms with Crippen LogP contribution in [-0.2, 0) is 0 Å². The SMILES string of the molecule is N#Cc1ccc(-c2nc3c(nc(C=C4C(=O)c5cc(Cl)c(Cl)cc5C4=O)n3-c3ccccc3)s2)cc1. The predicted molar refractivity (Wildman–Crippen MR) is 140 cm³/mol. The first kappa shape index (κ1) is 22.4. The van der Waals surface area contributed by atoms with Crippen LogP contribution in [0.4, 0.5) is 0 Å². The van der Waals surface area contributed by atoms with E-state index in [1.165, 1.54) is 29.5 Å². The Bertz CT molecular complexity index is 1750. The molecule has 2 aromatic heterocycles. The van der Waals surface area contributed by atoms with Crippen molar-refractivity contribution in [2.75, 3.05) is 0 Å². The van der Waals surface area contributed by atoms with Gasteiger partial charge in [0.2, 0.25) is 0 Å². The number of carbonyl (C=O) groups excluding carboxylic acids is 2. The summed E-state index contributed by atoms with van der Waals surface area (Å²) in [4.78, 5) is 36.4. The topological polar surface area (TPSA) is 88.6 Å². The number of carbonyl (C=O) groups is 2. The zero-order chi connectivity index (χ0) is 25.0. The zero-order valence-electron chi connectivity index (χ0n) is 18.2. The largest absolute Gasteiger partial charge is 0.288 e. The van der Waals surface area contributed by atoms with E-state index in [0.29, 0.717) is 21.9 Å². The Labute approximate surface area is 218 Å². The van der Waals surface area contributed by atoms with Crippen LogP contribution in [0.25, 0.3) is 32.8 Å². The molecule has 172 valence electrons. The van der Waals surface area contributed by atoms with Crippen LogP contribution in [0.3, 0.4) is 0 Å². The Morgan fingerprint density at radius 2 is 1.53 bits per heavy atom. The number of fused-ring (bicyclic) bond motifs is 2. The van der Waals surface area contributed by atoms with Crippen molar-refractivity contribution in [1.29, 1.82) is 5.26 Å². The van der Waals surface area contributed by atoms with Gasteiger partial charge in [-0.2, -0.15) is 5.26 Å². The van der Waals surface area contributed by atoms with E-state index in [1.54, 1.807) is 12.1 Å². The first-order valence-corrected chi connectivity index (χ1v) is 12.3. The third-order valence-electron chi connectivity index (χ3n) is 5.84. The van der Waals surface area contributed by atoms with Crippen LogP contribution in [-0.4, -0.2) is 26.1 Å². The van der Waals surface area contributed by atoms with E-state index in [0.717, 1.165) is 16.3 Å². The third kappa shape index (κ3) is 3.55. The van der Waals surface area contributed by atoms with Crippen molar-refractivity contribution in [3.63, 3.8) is 0 Å². The van der Waals surface area contributed by atoms with Crippen molar-refractivity contribution >= 4 is 62.7 Å². The first-order valence-electron chi connectivity index (χ1n) is 10.7. The normalized spacial score (nSPS) is 12.8. The molecular formula is C27H12Cl2N4O2S. The summed E-state index contributed by atoms with van der Waals surface area (Å²) in [6, 6.07) is 21.6. The fourth-order valence-corrected chi connectivity index (χ4v) is 5.36. The number of rotatable bonds is 3. The fourth-order valence-electron chi connectivity index (χ4n) is 4.10. The van der Waals surface area contributed by atoms with Gasteiger partial charge in [-0.05, 0) is 42.5 Å².